The first-order chi connectivity index (χ1) is 19.2. The first-order valence-corrected chi connectivity index (χ1v) is 13.9. The van der Waals surface area contributed by atoms with Gasteiger partial charge < -0.3 is 23.7 Å². The molecule has 210 valence electrons. The molecular weight excluding hydrogens is 511 g/mol. The largest absolute Gasteiger partial charge is 0.493 e. The summed E-state index contributed by atoms with van der Waals surface area (Å²) in [6, 6.07) is 13.2. The van der Waals surface area contributed by atoms with E-state index in [1.165, 1.54) is 7.11 Å². The van der Waals surface area contributed by atoms with Crippen LogP contribution in [-0.4, -0.2) is 39.5 Å². The first-order valence-electron chi connectivity index (χ1n) is 13.9. The molecule has 3 aliphatic rings. The van der Waals surface area contributed by atoms with Crippen molar-refractivity contribution in [2.45, 2.75) is 52.1 Å². The molecule has 2 atom stereocenters. The van der Waals surface area contributed by atoms with Gasteiger partial charge in [-0.15, -0.1) is 0 Å². The highest BCUT2D eigenvalue weighted by Crippen LogP contribution is 2.45. The molecule has 6 rings (SSSR count). The van der Waals surface area contributed by atoms with Gasteiger partial charge in [-0.1, -0.05) is 19.1 Å². The van der Waals surface area contributed by atoms with E-state index in [0.29, 0.717) is 36.7 Å². The molecule has 3 aromatic carbocycles. The molecule has 40 heavy (non-hydrogen) atoms. The van der Waals surface area contributed by atoms with Crippen LogP contribution < -0.4 is 14.2 Å². The number of hydrogen-bond acceptors (Lipinski definition) is 6. The Hall–Kier alpha value is -3.58. The van der Waals surface area contributed by atoms with Gasteiger partial charge in [0.05, 0.1) is 40.0 Å². The molecule has 1 unspecified atom stereocenters. The van der Waals surface area contributed by atoms with Crippen molar-refractivity contribution in [3.63, 3.8) is 0 Å². The summed E-state index contributed by atoms with van der Waals surface area (Å²) in [5.74, 6) is 1.62. The monoisotopic (exact) mass is 546 g/mol. The molecule has 0 radical (unpaired) electrons. The second-order valence-electron chi connectivity index (χ2n) is 11.6. The van der Waals surface area contributed by atoms with Crippen molar-refractivity contribution in [2.75, 3.05) is 33.5 Å². The standard InChI is InChI=1S/C33H35FO6/c1-19-11-23(39-18-33(3)16-37-17-33)12-20(2)31(19)25-7-9-27(34)32-26(25)8-10-28(32)40-22-5-6-24-21(13-30(35)36-4)15-38-29(24)14-22/h5-7,9,11-12,14,21,28H,8,10,13,15-18H2,1-4H3/t21?,28-/m1/s1. The number of hydrogen-bond donors (Lipinski definition) is 0. The van der Waals surface area contributed by atoms with E-state index in [4.69, 9.17) is 23.7 Å². The van der Waals surface area contributed by atoms with Gasteiger partial charge in [0, 0.05) is 28.5 Å². The number of halogens is 1. The van der Waals surface area contributed by atoms with Crippen LogP contribution in [0.3, 0.4) is 0 Å². The Morgan fingerprint density at radius 2 is 1.85 bits per heavy atom. The molecule has 0 bridgehead atoms. The predicted molar refractivity (Wildman–Crippen MR) is 149 cm³/mol. The molecule has 1 fully saturated rings. The first kappa shape index (κ1) is 26.6. The minimum Gasteiger partial charge on any atom is -0.493 e. The minimum absolute atomic E-state index is 0.0395. The summed E-state index contributed by atoms with van der Waals surface area (Å²) in [5, 5.41) is 0. The van der Waals surface area contributed by atoms with Crippen LogP contribution in [0, 0.1) is 25.1 Å². The van der Waals surface area contributed by atoms with Crippen LogP contribution in [0.5, 0.6) is 17.2 Å². The third kappa shape index (κ3) is 4.92. The van der Waals surface area contributed by atoms with Crippen LogP contribution in [0.15, 0.2) is 42.5 Å². The second kappa shape index (κ2) is 10.4. The lowest BCUT2D eigenvalue weighted by atomic mass is 9.89. The van der Waals surface area contributed by atoms with Crippen molar-refractivity contribution in [3.05, 3.63) is 76.1 Å². The van der Waals surface area contributed by atoms with E-state index in [9.17, 15) is 4.79 Å². The zero-order valence-corrected chi connectivity index (χ0v) is 23.5. The number of esters is 1. The Morgan fingerprint density at radius 1 is 1.07 bits per heavy atom. The molecule has 2 aliphatic heterocycles. The zero-order chi connectivity index (χ0) is 28.0. The average molecular weight is 547 g/mol. The van der Waals surface area contributed by atoms with Gasteiger partial charge in [-0.2, -0.15) is 0 Å². The van der Waals surface area contributed by atoms with E-state index in [-0.39, 0.29) is 29.5 Å². The molecule has 0 amide bonds. The van der Waals surface area contributed by atoms with Crippen LogP contribution in [0.2, 0.25) is 0 Å². The van der Waals surface area contributed by atoms with Crippen LogP contribution in [-0.2, 0) is 20.7 Å². The number of fused-ring (bicyclic) bond motifs is 2. The number of methoxy groups -OCH3 is 1. The number of carbonyl (C=O) groups excluding carboxylic acids is 1. The molecule has 1 aliphatic carbocycles. The smallest absolute Gasteiger partial charge is 0.306 e. The van der Waals surface area contributed by atoms with Crippen molar-refractivity contribution in [3.8, 4) is 28.4 Å². The van der Waals surface area contributed by atoms with Crippen LogP contribution in [0.1, 0.15) is 59.6 Å². The number of rotatable bonds is 8. The molecule has 6 nitrogen and oxygen atoms in total. The fraction of sp³-hybridized carbons (Fsp3) is 0.424. The number of benzene rings is 3. The van der Waals surface area contributed by atoms with Gasteiger partial charge in [0.15, 0.2) is 0 Å². The van der Waals surface area contributed by atoms with E-state index in [1.807, 2.05) is 24.3 Å². The lowest BCUT2D eigenvalue weighted by Crippen LogP contribution is -2.44. The zero-order valence-electron chi connectivity index (χ0n) is 23.5. The maximum atomic E-state index is 15.3. The highest BCUT2D eigenvalue weighted by atomic mass is 19.1. The molecule has 3 aromatic rings. The molecule has 0 saturated carbocycles. The van der Waals surface area contributed by atoms with Gasteiger partial charge in [0.1, 0.15) is 29.2 Å². The molecule has 2 heterocycles. The van der Waals surface area contributed by atoms with Gasteiger partial charge in [-0.25, -0.2) is 4.39 Å². The fourth-order valence-corrected chi connectivity index (χ4v) is 6.20. The Labute approximate surface area is 234 Å². The molecule has 0 aromatic heterocycles. The van der Waals surface area contributed by atoms with Gasteiger partial charge in [0.2, 0.25) is 0 Å². The summed E-state index contributed by atoms with van der Waals surface area (Å²) >= 11 is 0. The number of aryl methyl sites for hydroxylation is 2. The summed E-state index contributed by atoms with van der Waals surface area (Å²) in [5.41, 5.74) is 7.02. The van der Waals surface area contributed by atoms with E-state index in [2.05, 4.69) is 32.9 Å². The summed E-state index contributed by atoms with van der Waals surface area (Å²) in [4.78, 5) is 11.7. The Morgan fingerprint density at radius 3 is 2.55 bits per heavy atom. The van der Waals surface area contributed by atoms with Crippen molar-refractivity contribution in [1.29, 1.82) is 0 Å². The highest BCUT2D eigenvalue weighted by Gasteiger charge is 2.35. The highest BCUT2D eigenvalue weighted by molar-refractivity contribution is 5.76. The van der Waals surface area contributed by atoms with Gasteiger partial charge in [-0.05, 0) is 78.8 Å². The van der Waals surface area contributed by atoms with Crippen molar-refractivity contribution in [1.82, 2.24) is 0 Å². The summed E-state index contributed by atoms with van der Waals surface area (Å²) in [7, 11) is 1.39. The Bertz CT molecular complexity index is 1440. The normalized spacial score (nSPS) is 20.2. The van der Waals surface area contributed by atoms with Gasteiger partial charge >= 0.3 is 5.97 Å². The van der Waals surface area contributed by atoms with Crippen molar-refractivity contribution in [2.24, 2.45) is 5.41 Å². The predicted octanol–water partition coefficient (Wildman–Crippen LogP) is 6.63. The van der Waals surface area contributed by atoms with E-state index in [1.54, 1.807) is 6.07 Å². The SMILES string of the molecule is COC(=O)CC1COc2cc(O[C@@H]3CCc4c(-c5c(C)cc(OCC6(C)COC6)cc5C)ccc(F)c43)ccc21. The molecule has 1 saturated heterocycles. The van der Waals surface area contributed by atoms with Gasteiger partial charge in [-0.3, -0.25) is 4.79 Å². The lowest BCUT2D eigenvalue weighted by molar-refractivity contribution is -0.141. The fourth-order valence-electron chi connectivity index (χ4n) is 6.20. The van der Waals surface area contributed by atoms with Crippen LogP contribution >= 0.6 is 0 Å². The lowest BCUT2D eigenvalue weighted by Gasteiger charge is -2.37. The van der Waals surface area contributed by atoms with Crippen LogP contribution in [0.4, 0.5) is 4.39 Å². The Kier molecular flexibility index (Phi) is 6.95. The third-order valence-electron chi connectivity index (χ3n) is 8.33. The van der Waals surface area contributed by atoms with E-state index < -0.39 is 6.10 Å². The van der Waals surface area contributed by atoms with Crippen molar-refractivity contribution < 1.29 is 32.9 Å². The molecular formula is C33H35FO6. The van der Waals surface area contributed by atoms with Crippen LogP contribution in [0.25, 0.3) is 11.1 Å². The van der Waals surface area contributed by atoms with Gasteiger partial charge in [0.25, 0.3) is 0 Å². The number of ether oxygens (including phenoxy) is 5. The molecule has 0 N–H and O–H groups in total. The average Bonchev–Trinajstić information content (AvgIpc) is 3.52. The van der Waals surface area contributed by atoms with Crippen molar-refractivity contribution >= 4 is 5.97 Å². The topological polar surface area (TPSA) is 63.2 Å². The maximum Gasteiger partial charge on any atom is 0.306 e. The maximum absolute atomic E-state index is 15.3. The second-order valence-corrected chi connectivity index (χ2v) is 11.6. The molecule has 0 spiro atoms. The Balaban J connectivity index is 1.23. The third-order valence-corrected chi connectivity index (χ3v) is 8.33. The summed E-state index contributed by atoms with van der Waals surface area (Å²) in [6.45, 7) is 8.83. The minimum atomic E-state index is -0.395. The number of carbonyl (C=O) groups is 1. The van der Waals surface area contributed by atoms with E-state index >= 15 is 4.39 Å². The summed E-state index contributed by atoms with van der Waals surface area (Å²) < 4.78 is 43.8. The quantitative estimate of drug-likeness (QED) is 0.296. The summed E-state index contributed by atoms with van der Waals surface area (Å²) in [6.07, 6.45) is 1.29. The molecule has 7 heteroatoms. The van der Waals surface area contributed by atoms with E-state index in [0.717, 1.165) is 58.8 Å².